The quantitative estimate of drug-likeness (QED) is 0.399. The predicted octanol–water partition coefficient (Wildman–Crippen LogP) is 3.09. The molecule has 4 rings (SSSR count). The maximum Gasteiger partial charge on any atom is 0.309 e. The zero-order valence-corrected chi connectivity index (χ0v) is 21.5. The van der Waals surface area contributed by atoms with Crippen LogP contribution in [0.5, 0.6) is 11.5 Å². The Bertz CT molecular complexity index is 1180. The Morgan fingerprint density at radius 2 is 1.76 bits per heavy atom. The van der Waals surface area contributed by atoms with E-state index < -0.39 is 0 Å². The first kappa shape index (κ1) is 26.2. The maximum absolute atomic E-state index is 13.1. The van der Waals surface area contributed by atoms with Crippen molar-refractivity contribution >= 4 is 29.3 Å². The molecule has 0 spiro atoms. The van der Waals surface area contributed by atoms with Gasteiger partial charge >= 0.3 is 5.97 Å². The highest BCUT2D eigenvalue weighted by atomic mass is 16.5. The van der Waals surface area contributed by atoms with Gasteiger partial charge in [0.25, 0.3) is 5.91 Å². The zero-order valence-electron chi connectivity index (χ0n) is 21.5. The fraction of sp³-hybridized carbons (Fsp3) is 0.429. The third-order valence-corrected chi connectivity index (χ3v) is 6.74. The monoisotopic (exact) mass is 508 g/mol. The Labute approximate surface area is 216 Å². The van der Waals surface area contributed by atoms with Crippen LogP contribution in [0.4, 0.5) is 5.69 Å². The Morgan fingerprint density at radius 1 is 1.05 bits per heavy atom. The van der Waals surface area contributed by atoms with E-state index in [4.69, 9.17) is 14.2 Å². The van der Waals surface area contributed by atoms with Crippen molar-refractivity contribution in [2.24, 2.45) is 5.92 Å². The number of carbonyl (C=O) groups excluding carboxylic acids is 4. The number of rotatable bonds is 8. The molecule has 2 aliphatic rings. The predicted molar refractivity (Wildman–Crippen MR) is 136 cm³/mol. The van der Waals surface area contributed by atoms with E-state index >= 15 is 0 Å². The fourth-order valence-electron chi connectivity index (χ4n) is 4.66. The Hall–Kier alpha value is -3.88. The van der Waals surface area contributed by atoms with Gasteiger partial charge in [-0.2, -0.15) is 0 Å². The number of ketones is 1. The summed E-state index contributed by atoms with van der Waals surface area (Å²) in [4.78, 5) is 53.7. The highest BCUT2D eigenvalue weighted by molar-refractivity contribution is 6.04. The molecule has 0 unspecified atom stereocenters. The van der Waals surface area contributed by atoms with Gasteiger partial charge in [0.2, 0.25) is 5.91 Å². The SMILES string of the molecule is CCOC(=O)C1CCN(C(=O)CN2C(=O)COc3ccc(C(=O)COc4c(C)cccc4C)cc32)CC1. The molecule has 1 fully saturated rings. The standard InChI is InChI=1S/C28H32N2O7/c1-4-35-28(34)20-10-12-29(13-11-20)25(32)15-30-22-14-21(8-9-24(22)36-17-26(30)33)23(31)16-37-27-18(2)6-5-7-19(27)3/h5-9,14,20H,4,10-13,15-17H2,1-3H3. The number of ether oxygens (including phenoxy) is 3. The van der Waals surface area contributed by atoms with Crippen LogP contribution in [0.1, 0.15) is 41.3 Å². The molecule has 0 aliphatic carbocycles. The van der Waals surface area contributed by atoms with Crippen molar-refractivity contribution < 1.29 is 33.4 Å². The van der Waals surface area contributed by atoms with Crippen LogP contribution in [-0.2, 0) is 19.1 Å². The van der Waals surface area contributed by atoms with E-state index in [1.807, 2.05) is 32.0 Å². The third kappa shape index (κ3) is 5.93. The average Bonchev–Trinajstić information content (AvgIpc) is 2.89. The zero-order chi connectivity index (χ0) is 26.5. The number of aryl methyl sites for hydroxylation is 2. The lowest BCUT2D eigenvalue weighted by Gasteiger charge is -2.34. The Morgan fingerprint density at radius 3 is 2.43 bits per heavy atom. The van der Waals surface area contributed by atoms with E-state index in [0.29, 0.717) is 55.3 Å². The second-order valence-electron chi connectivity index (χ2n) is 9.29. The molecule has 2 heterocycles. The topological polar surface area (TPSA) is 102 Å². The summed E-state index contributed by atoms with van der Waals surface area (Å²) in [5.41, 5.74) is 2.61. The first-order chi connectivity index (χ1) is 17.8. The third-order valence-electron chi connectivity index (χ3n) is 6.74. The molecule has 0 saturated carbocycles. The number of anilines is 1. The van der Waals surface area contributed by atoms with Crippen molar-refractivity contribution in [1.82, 2.24) is 4.90 Å². The van der Waals surface area contributed by atoms with Crippen LogP contribution in [0.2, 0.25) is 0 Å². The summed E-state index contributed by atoms with van der Waals surface area (Å²) < 4.78 is 16.4. The summed E-state index contributed by atoms with van der Waals surface area (Å²) in [6.45, 7) is 6.26. The lowest BCUT2D eigenvalue weighted by molar-refractivity contribution is -0.151. The molecule has 2 amide bonds. The average molecular weight is 509 g/mol. The summed E-state index contributed by atoms with van der Waals surface area (Å²) in [6.07, 6.45) is 1.05. The number of nitrogens with zero attached hydrogens (tertiary/aromatic N) is 2. The number of likely N-dealkylation sites (tertiary alicyclic amines) is 1. The van der Waals surface area contributed by atoms with Crippen molar-refractivity contribution in [1.29, 1.82) is 0 Å². The van der Waals surface area contributed by atoms with E-state index in [9.17, 15) is 19.2 Å². The van der Waals surface area contributed by atoms with E-state index in [1.54, 1.807) is 30.0 Å². The number of para-hydroxylation sites is 1. The molecule has 2 aromatic rings. The van der Waals surface area contributed by atoms with E-state index in [-0.39, 0.29) is 49.2 Å². The Balaban J connectivity index is 1.43. The van der Waals surface area contributed by atoms with E-state index in [1.165, 1.54) is 4.90 Å². The number of fused-ring (bicyclic) bond motifs is 1. The van der Waals surface area contributed by atoms with Crippen molar-refractivity contribution in [2.75, 3.05) is 44.4 Å². The first-order valence-corrected chi connectivity index (χ1v) is 12.5. The summed E-state index contributed by atoms with van der Waals surface area (Å²) in [5, 5.41) is 0. The molecule has 0 aromatic heterocycles. The van der Waals surface area contributed by atoms with E-state index in [2.05, 4.69) is 0 Å². The van der Waals surface area contributed by atoms with Crippen LogP contribution in [0.3, 0.4) is 0 Å². The van der Waals surface area contributed by atoms with Crippen molar-refractivity contribution in [2.45, 2.75) is 33.6 Å². The molecule has 0 bridgehead atoms. The first-order valence-electron chi connectivity index (χ1n) is 12.5. The number of Topliss-reactive ketones (excluding diaryl/α,β-unsaturated/α-hetero) is 1. The molecule has 0 N–H and O–H groups in total. The van der Waals surface area contributed by atoms with Crippen molar-refractivity contribution in [3.63, 3.8) is 0 Å². The number of hydrogen-bond donors (Lipinski definition) is 0. The van der Waals surface area contributed by atoms with Crippen LogP contribution in [-0.4, -0.2) is 67.9 Å². The van der Waals surface area contributed by atoms with E-state index in [0.717, 1.165) is 11.1 Å². The smallest absolute Gasteiger partial charge is 0.309 e. The van der Waals surface area contributed by atoms with Gasteiger partial charge in [0.05, 0.1) is 18.2 Å². The van der Waals surface area contributed by atoms with Crippen LogP contribution in [0.25, 0.3) is 0 Å². The second-order valence-corrected chi connectivity index (χ2v) is 9.29. The minimum absolute atomic E-state index is 0.159. The van der Waals surface area contributed by atoms with Gasteiger partial charge in [-0.25, -0.2) is 0 Å². The van der Waals surface area contributed by atoms with Crippen molar-refractivity contribution in [3.8, 4) is 11.5 Å². The van der Waals surface area contributed by atoms with Gasteiger partial charge < -0.3 is 19.1 Å². The molecular formula is C28H32N2O7. The number of piperidine rings is 1. The fourth-order valence-corrected chi connectivity index (χ4v) is 4.66. The molecule has 2 aromatic carbocycles. The minimum atomic E-state index is -0.362. The van der Waals surface area contributed by atoms with Gasteiger partial charge in [-0.15, -0.1) is 0 Å². The molecule has 0 radical (unpaired) electrons. The van der Waals surface area contributed by atoms with Crippen LogP contribution in [0.15, 0.2) is 36.4 Å². The normalized spacial score (nSPS) is 15.6. The largest absolute Gasteiger partial charge is 0.485 e. The van der Waals surface area contributed by atoms with Crippen LogP contribution < -0.4 is 14.4 Å². The van der Waals surface area contributed by atoms with Gasteiger partial charge in [-0.05, 0) is 62.9 Å². The molecule has 37 heavy (non-hydrogen) atoms. The van der Waals surface area contributed by atoms with Gasteiger partial charge in [0, 0.05) is 18.7 Å². The second kappa shape index (κ2) is 11.5. The molecule has 9 heteroatoms. The molecule has 9 nitrogen and oxygen atoms in total. The molecule has 196 valence electrons. The summed E-state index contributed by atoms with van der Waals surface area (Å²) in [6, 6.07) is 10.6. The summed E-state index contributed by atoms with van der Waals surface area (Å²) in [5.74, 6) is -0.181. The lowest BCUT2D eigenvalue weighted by atomic mass is 9.97. The molecule has 0 atom stereocenters. The number of benzene rings is 2. The molecule has 2 aliphatic heterocycles. The molecular weight excluding hydrogens is 476 g/mol. The minimum Gasteiger partial charge on any atom is -0.485 e. The van der Waals surface area contributed by atoms with Gasteiger partial charge in [-0.3, -0.25) is 24.1 Å². The number of carbonyl (C=O) groups is 4. The summed E-state index contributed by atoms with van der Waals surface area (Å²) in [7, 11) is 0. The maximum atomic E-state index is 13.1. The Kier molecular flexibility index (Phi) is 8.11. The number of amides is 2. The van der Waals surface area contributed by atoms with Gasteiger partial charge in [0.15, 0.2) is 19.0 Å². The van der Waals surface area contributed by atoms with Crippen molar-refractivity contribution in [3.05, 3.63) is 53.1 Å². The van der Waals surface area contributed by atoms with Crippen LogP contribution in [0, 0.1) is 19.8 Å². The molecule has 1 saturated heterocycles. The number of hydrogen-bond acceptors (Lipinski definition) is 7. The highest BCUT2D eigenvalue weighted by Crippen LogP contribution is 2.33. The van der Waals surface area contributed by atoms with Crippen LogP contribution >= 0.6 is 0 Å². The van der Waals surface area contributed by atoms with Gasteiger partial charge in [0.1, 0.15) is 18.0 Å². The highest BCUT2D eigenvalue weighted by Gasteiger charge is 2.32. The summed E-state index contributed by atoms with van der Waals surface area (Å²) >= 11 is 0. The lowest BCUT2D eigenvalue weighted by Crippen LogP contribution is -2.49. The van der Waals surface area contributed by atoms with Gasteiger partial charge in [-0.1, -0.05) is 18.2 Å². The number of esters is 1.